The van der Waals surface area contributed by atoms with Gasteiger partial charge in [0.1, 0.15) is 0 Å². The van der Waals surface area contributed by atoms with Crippen LogP contribution in [0.25, 0.3) is 0 Å². The third-order valence-corrected chi connectivity index (χ3v) is 6.19. The minimum absolute atomic E-state index is 0.0985. The summed E-state index contributed by atoms with van der Waals surface area (Å²) in [5, 5.41) is 11.7. The van der Waals surface area contributed by atoms with Gasteiger partial charge in [-0.05, 0) is 48.9 Å². The molecule has 0 unspecified atom stereocenters. The van der Waals surface area contributed by atoms with E-state index in [2.05, 4.69) is 44.7 Å². The summed E-state index contributed by atoms with van der Waals surface area (Å²) in [7, 11) is 0. The summed E-state index contributed by atoms with van der Waals surface area (Å²) >= 11 is 0. The van der Waals surface area contributed by atoms with Gasteiger partial charge in [0.25, 0.3) is 5.91 Å². The van der Waals surface area contributed by atoms with E-state index in [4.69, 9.17) is 0 Å². The normalized spacial score (nSPS) is 20.8. The highest BCUT2D eigenvalue weighted by Crippen LogP contribution is 2.52. The van der Waals surface area contributed by atoms with E-state index in [1.54, 1.807) is 0 Å². The molecule has 1 aliphatic heterocycles. The van der Waals surface area contributed by atoms with Gasteiger partial charge in [0.05, 0.1) is 0 Å². The summed E-state index contributed by atoms with van der Waals surface area (Å²) in [4.78, 5) is 14.6. The molecular weight excluding hydrogens is 324 g/mol. The van der Waals surface area contributed by atoms with E-state index in [-0.39, 0.29) is 5.91 Å². The van der Waals surface area contributed by atoms with Crippen molar-refractivity contribution >= 4 is 11.7 Å². The highest BCUT2D eigenvalue weighted by atomic mass is 16.2. The lowest BCUT2D eigenvalue weighted by molar-refractivity contribution is 0.0932. The van der Waals surface area contributed by atoms with Crippen LogP contribution in [-0.4, -0.2) is 28.7 Å². The fourth-order valence-corrected chi connectivity index (χ4v) is 4.57. The number of hydrogen-bond donors (Lipinski definition) is 1. The second kappa shape index (κ2) is 6.08. The second-order valence-corrected chi connectivity index (χ2v) is 8.03. The molecule has 0 radical (unpaired) electrons. The van der Waals surface area contributed by atoms with Gasteiger partial charge in [-0.2, -0.15) is 0 Å². The highest BCUT2D eigenvalue weighted by Gasteiger charge is 2.49. The van der Waals surface area contributed by atoms with Crippen LogP contribution < -0.4 is 10.2 Å². The van der Waals surface area contributed by atoms with Crippen LogP contribution >= 0.6 is 0 Å². The third-order valence-electron chi connectivity index (χ3n) is 6.19. The fraction of sp³-hybridized carbons (Fsp3) is 0.476. The van der Waals surface area contributed by atoms with E-state index in [1.165, 1.54) is 36.8 Å². The first-order chi connectivity index (χ1) is 12.7. The maximum atomic E-state index is 12.3. The summed E-state index contributed by atoms with van der Waals surface area (Å²) < 4.78 is 0. The average molecular weight is 348 g/mol. The third kappa shape index (κ3) is 2.75. The van der Waals surface area contributed by atoms with Crippen LogP contribution in [0.1, 0.15) is 60.1 Å². The van der Waals surface area contributed by atoms with Gasteiger partial charge >= 0.3 is 0 Å². The van der Waals surface area contributed by atoms with Crippen molar-refractivity contribution in [2.45, 2.75) is 56.5 Å². The van der Waals surface area contributed by atoms with Crippen molar-refractivity contribution in [1.29, 1.82) is 0 Å². The number of amides is 1. The molecule has 2 aliphatic carbocycles. The maximum Gasteiger partial charge on any atom is 0.272 e. The number of carbonyl (C=O) groups excluding carboxylic acids is 1. The van der Waals surface area contributed by atoms with Gasteiger partial charge in [0, 0.05) is 24.5 Å². The van der Waals surface area contributed by atoms with Crippen molar-refractivity contribution in [2.75, 3.05) is 11.4 Å². The van der Waals surface area contributed by atoms with Crippen molar-refractivity contribution in [3.05, 3.63) is 53.2 Å². The van der Waals surface area contributed by atoms with Gasteiger partial charge in [-0.3, -0.25) is 4.79 Å². The Bertz CT molecular complexity index is 822. The topological polar surface area (TPSA) is 58.1 Å². The number of nitrogens with zero attached hydrogens (tertiary/aromatic N) is 3. The number of hydrogen-bond acceptors (Lipinski definition) is 4. The molecule has 2 aromatic rings. The Morgan fingerprint density at radius 2 is 1.88 bits per heavy atom. The molecule has 1 aromatic carbocycles. The van der Waals surface area contributed by atoms with Crippen molar-refractivity contribution in [3.8, 4) is 0 Å². The van der Waals surface area contributed by atoms with Crippen molar-refractivity contribution in [3.63, 3.8) is 0 Å². The zero-order valence-electron chi connectivity index (χ0n) is 14.9. The SMILES string of the molecule is O=C(NC1CCCC1)c1ccc(N2Cc3ccccc3C3(CC3)C2)nn1. The zero-order valence-corrected chi connectivity index (χ0v) is 14.9. The van der Waals surface area contributed by atoms with Crippen LogP contribution in [0.4, 0.5) is 5.82 Å². The first-order valence-electron chi connectivity index (χ1n) is 9.71. The van der Waals surface area contributed by atoms with Gasteiger partial charge in [-0.25, -0.2) is 0 Å². The van der Waals surface area contributed by atoms with E-state index in [1.807, 2.05) is 12.1 Å². The highest BCUT2D eigenvalue weighted by molar-refractivity contribution is 5.92. The lowest BCUT2D eigenvalue weighted by Gasteiger charge is -2.35. The van der Waals surface area contributed by atoms with E-state index in [0.717, 1.165) is 31.7 Å². The van der Waals surface area contributed by atoms with E-state index >= 15 is 0 Å². The summed E-state index contributed by atoms with van der Waals surface area (Å²) in [5.41, 5.74) is 3.62. The van der Waals surface area contributed by atoms with E-state index < -0.39 is 0 Å². The maximum absolute atomic E-state index is 12.3. The quantitative estimate of drug-likeness (QED) is 0.925. The van der Waals surface area contributed by atoms with Crippen LogP contribution in [0, 0.1) is 0 Å². The van der Waals surface area contributed by atoms with E-state index in [9.17, 15) is 4.79 Å². The molecule has 5 nitrogen and oxygen atoms in total. The monoisotopic (exact) mass is 348 g/mol. The Kier molecular flexibility index (Phi) is 3.69. The Morgan fingerprint density at radius 3 is 2.62 bits per heavy atom. The molecule has 0 atom stereocenters. The molecule has 1 spiro atoms. The predicted octanol–water partition coefficient (Wildman–Crippen LogP) is 3.20. The number of nitrogens with one attached hydrogen (secondary N) is 1. The van der Waals surface area contributed by atoms with E-state index in [0.29, 0.717) is 17.2 Å². The fourth-order valence-electron chi connectivity index (χ4n) is 4.57. The van der Waals surface area contributed by atoms with Crippen LogP contribution in [0.2, 0.25) is 0 Å². The van der Waals surface area contributed by atoms with Crippen molar-refractivity contribution < 1.29 is 4.79 Å². The number of fused-ring (bicyclic) bond motifs is 2. The largest absolute Gasteiger partial charge is 0.350 e. The van der Waals surface area contributed by atoms with Crippen LogP contribution in [-0.2, 0) is 12.0 Å². The summed E-state index contributed by atoms with van der Waals surface area (Å²) in [6.07, 6.45) is 7.05. The molecule has 2 heterocycles. The van der Waals surface area contributed by atoms with Crippen LogP contribution in [0.3, 0.4) is 0 Å². The summed E-state index contributed by atoms with van der Waals surface area (Å²) in [6.45, 7) is 1.85. The Hall–Kier alpha value is -2.43. The molecule has 1 amide bonds. The average Bonchev–Trinajstić information content (AvgIpc) is 3.25. The molecule has 1 aromatic heterocycles. The van der Waals surface area contributed by atoms with Crippen molar-refractivity contribution in [1.82, 2.24) is 15.5 Å². The van der Waals surface area contributed by atoms with Crippen LogP contribution in [0.15, 0.2) is 36.4 Å². The summed E-state index contributed by atoms with van der Waals surface area (Å²) in [5.74, 6) is 0.766. The lowest BCUT2D eigenvalue weighted by atomic mass is 9.87. The minimum atomic E-state index is -0.0985. The molecular formula is C21H24N4O. The van der Waals surface area contributed by atoms with Gasteiger partial charge in [-0.15, -0.1) is 10.2 Å². The molecule has 5 heteroatoms. The predicted molar refractivity (Wildman–Crippen MR) is 100 cm³/mol. The first-order valence-corrected chi connectivity index (χ1v) is 9.71. The smallest absolute Gasteiger partial charge is 0.272 e. The molecule has 0 saturated heterocycles. The number of rotatable bonds is 3. The molecule has 1 N–H and O–H groups in total. The Morgan fingerprint density at radius 1 is 1.08 bits per heavy atom. The number of benzene rings is 1. The second-order valence-electron chi connectivity index (χ2n) is 8.03. The van der Waals surface area contributed by atoms with Crippen molar-refractivity contribution in [2.24, 2.45) is 0 Å². The molecule has 26 heavy (non-hydrogen) atoms. The molecule has 2 fully saturated rings. The first kappa shape index (κ1) is 15.8. The molecule has 5 rings (SSSR count). The van der Waals surface area contributed by atoms with Crippen LogP contribution in [0.5, 0.6) is 0 Å². The molecule has 2 saturated carbocycles. The lowest BCUT2D eigenvalue weighted by Crippen LogP contribution is -2.38. The standard InChI is InChI=1S/C21H24N4O/c26-20(22-16-6-2-3-7-16)18-9-10-19(24-23-18)25-13-15-5-1-4-8-17(15)21(14-25)11-12-21/h1,4-5,8-10,16H,2-3,6-7,11-14H2,(H,22,26). The number of carbonyl (C=O) groups is 1. The minimum Gasteiger partial charge on any atom is -0.350 e. The van der Waals surface area contributed by atoms with Gasteiger partial charge in [0.2, 0.25) is 0 Å². The summed E-state index contributed by atoms with van der Waals surface area (Å²) in [6, 6.07) is 12.8. The molecule has 3 aliphatic rings. The molecule has 0 bridgehead atoms. The van der Waals surface area contributed by atoms with Gasteiger partial charge < -0.3 is 10.2 Å². The number of aromatic nitrogens is 2. The number of anilines is 1. The van der Waals surface area contributed by atoms with Gasteiger partial charge in [-0.1, -0.05) is 37.1 Å². The Labute approximate surface area is 153 Å². The van der Waals surface area contributed by atoms with Gasteiger partial charge in [0.15, 0.2) is 11.5 Å². The molecule has 134 valence electrons. The Balaban J connectivity index is 1.33. The zero-order chi connectivity index (χ0) is 17.6.